The lowest BCUT2D eigenvalue weighted by Gasteiger charge is -2.24. The number of benzene rings is 2. The summed E-state index contributed by atoms with van der Waals surface area (Å²) >= 11 is 6.07. The quantitative estimate of drug-likeness (QED) is 0.621. The van der Waals surface area contributed by atoms with Crippen LogP contribution in [0.3, 0.4) is 0 Å². The average molecular weight is 408 g/mol. The number of fused-ring (bicyclic) bond motifs is 1. The highest BCUT2D eigenvalue weighted by molar-refractivity contribution is 6.30. The number of rotatable bonds is 5. The maximum absolute atomic E-state index is 12.0. The van der Waals surface area contributed by atoms with Crippen LogP contribution in [-0.4, -0.2) is 20.7 Å². The van der Waals surface area contributed by atoms with Gasteiger partial charge in [0.25, 0.3) is 5.95 Å². The van der Waals surface area contributed by atoms with E-state index in [1.54, 1.807) is 4.68 Å². The molecule has 1 aromatic heterocycles. The summed E-state index contributed by atoms with van der Waals surface area (Å²) in [5.41, 5.74) is 4.22. The van der Waals surface area contributed by atoms with E-state index in [0.717, 1.165) is 23.2 Å². The monoisotopic (exact) mass is 407 g/mol. The maximum Gasteiger partial charge on any atom is 0.250 e. The second-order valence-corrected chi connectivity index (χ2v) is 7.51. The Bertz CT molecular complexity index is 1050. The van der Waals surface area contributed by atoms with Crippen molar-refractivity contribution in [1.29, 1.82) is 0 Å². The third-order valence-electron chi connectivity index (χ3n) is 4.77. The van der Waals surface area contributed by atoms with Crippen molar-refractivity contribution in [2.24, 2.45) is 0 Å². The lowest BCUT2D eigenvalue weighted by atomic mass is 10.0. The van der Waals surface area contributed by atoms with E-state index in [-0.39, 0.29) is 11.9 Å². The molecule has 0 unspecified atom stereocenters. The Kier molecular flexibility index (Phi) is 5.36. The van der Waals surface area contributed by atoms with Gasteiger partial charge in [-0.05, 0) is 42.7 Å². The minimum atomic E-state index is -0.177. The summed E-state index contributed by atoms with van der Waals surface area (Å²) in [5.74, 6) is 0.781. The van der Waals surface area contributed by atoms with Gasteiger partial charge in [-0.15, -0.1) is 5.10 Å². The van der Waals surface area contributed by atoms with Crippen LogP contribution in [0.5, 0.6) is 0 Å². The maximum atomic E-state index is 12.0. The minimum absolute atomic E-state index is 0.0924. The molecule has 1 aliphatic rings. The van der Waals surface area contributed by atoms with Gasteiger partial charge >= 0.3 is 0 Å². The smallest absolute Gasteiger partial charge is 0.250 e. The van der Waals surface area contributed by atoms with Crippen molar-refractivity contribution in [2.75, 3.05) is 10.6 Å². The van der Waals surface area contributed by atoms with E-state index in [1.165, 1.54) is 5.56 Å². The number of anilines is 2. The Hall–Kier alpha value is -3.12. The predicted molar refractivity (Wildman–Crippen MR) is 116 cm³/mol. The zero-order valence-electron chi connectivity index (χ0n) is 16.3. The molecule has 3 aromatic rings. The molecular weight excluding hydrogens is 386 g/mol. The van der Waals surface area contributed by atoms with E-state index in [1.807, 2.05) is 31.2 Å². The molecule has 1 atom stereocenters. The Morgan fingerprint density at radius 2 is 1.90 bits per heavy atom. The van der Waals surface area contributed by atoms with Crippen LogP contribution in [0.4, 0.5) is 11.9 Å². The van der Waals surface area contributed by atoms with Crippen LogP contribution in [0, 0.1) is 6.92 Å². The van der Waals surface area contributed by atoms with E-state index in [4.69, 9.17) is 11.6 Å². The number of nitrogens with zero attached hydrogens (tertiary/aromatic N) is 3. The zero-order valence-corrected chi connectivity index (χ0v) is 17.1. The molecule has 148 valence electrons. The van der Waals surface area contributed by atoms with Crippen LogP contribution in [0.1, 0.15) is 42.5 Å². The molecule has 0 saturated heterocycles. The van der Waals surface area contributed by atoms with E-state index < -0.39 is 0 Å². The zero-order chi connectivity index (χ0) is 20.4. The van der Waals surface area contributed by atoms with Gasteiger partial charge in [-0.1, -0.05) is 60.5 Å². The Morgan fingerprint density at radius 1 is 1.17 bits per heavy atom. The molecule has 0 bridgehead atoms. The Labute approximate surface area is 174 Å². The number of nitrogens with one attached hydrogen (secondary N) is 2. The molecule has 0 fully saturated rings. The molecular formula is C22H22ClN5O. The Balaban J connectivity index is 1.73. The first-order valence-electron chi connectivity index (χ1n) is 9.61. The van der Waals surface area contributed by atoms with Crippen molar-refractivity contribution in [3.63, 3.8) is 0 Å². The molecule has 6 nitrogen and oxygen atoms in total. The van der Waals surface area contributed by atoms with Gasteiger partial charge in [0.15, 0.2) is 0 Å². The van der Waals surface area contributed by atoms with Crippen molar-refractivity contribution < 1.29 is 4.79 Å². The second kappa shape index (κ2) is 8.09. The molecule has 1 aliphatic heterocycles. The molecule has 29 heavy (non-hydrogen) atoms. The molecule has 0 aliphatic carbocycles. The summed E-state index contributed by atoms with van der Waals surface area (Å²) < 4.78 is 1.78. The van der Waals surface area contributed by atoms with Crippen molar-refractivity contribution in [3.05, 3.63) is 76.3 Å². The number of hydrogen-bond acceptors (Lipinski definition) is 4. The minimum Gasteiger partial charge on any atom is -0.324 e. The fourth-order valence-electron chi connectivity index (χ4n) is 3.26. The highest BCUT2D eigenvalue weighted by atomic mass is 35.5. The summed E-state index contributed by atoms with van der Waals surface area (Å²) in [5, 5.41) is 11.3. The molecule has 2 heterocycles. The van der Waals surface area contributed by atoms with Crippen LogP contribution >= 0.6 is 11.6 Å². The average Bonchev–Trinajstić information content (AvgIpc) is 3.11. The number of carbonyl (C=O) groups is 1. The lowest BCUT2D eigenvalue weighted by Crippen LogP contribution is -2.20. The third-order valence-corrected chi connectivity index (χ3v) is 5.02. The van der Waals surface area contributed by atoms with Gasteiger partial charge in [-0.3, -0.25) is 10.1 Å². The fourth-order valence-corrected chi connectivity index (χ4v) is 3.39. The van der Waals surface area contributed by atoms with Gasteiger partial charge in [-0.2, -0.15) is 4.98 Å². The highest BCUT2D eigenvalue weighted by Crippen LogP contribution is 2.33. The van der Waals surface area contributed by atoms with Crippen molar-refractivity contribution in [2.45, 2.75) is 32.7 Å². The number of aryl methyl sites for hydroxylation is 1. The number of carbonyl (C=O) groups excluding carboxylic acids is 1. The molecule has 2 aromatic carbocycles. The molecule has 4 rings (SSSR count). The second-order valence-electron chi connectivity index (χ2n) is 7.07. The summed E-state index contributed by atoms with van der Waals surface area (Å²) in [6.45, 7) is 4.02. The molecule has 7 heteroatoms. The molecule has 2 N–H and O–H groups in total. The largest absolute Gasteiger partial charge is 0.324 e. The first-order chi connectivity index (χ1) is 14.0. The van der Waals surface area contributed by atoms with Gasteiger partial charge in [0, 0.05) is 17.1 Å². The summed E-state index contributed by atoms with van der Waals surface area (Å²) in [6, 6.07) is 15.8. The lowest BCUT2D eigenvalue weighted by molar-refractivity contribution is -0.116. The number of allylic oxidation sites excluding steroid dienone is 1. The molecule has 0 saturated carbocycles. The van der Waals surface area contributed by atoms with Crippen LogP contribution < -0.4 is 10.6 Å². The SMILES string of the molecule is CCCC(=O)Nc1nc2n(n1)[C@@H](c1ccc(Cl)cc1)C=C(c1ccc(C)cc1)N2. The van der Waals surface area contributed by atoms with Crippen LogP contribution in [0.25, 0.3) is 5.70 Å². The topological polar surface area (TPSA) is 71.8 Å². The molecule has 1 amide bonds. The number of amides is 1. The first kappa shape index (κ1) is 19.2. The summed E-state index contributed by atoms with van der Waals surface area (Å²) in [6.07, 6.45) is 3.31. The van der Waals surface area contributed by atoms with E-state index >= 15 is 0 Å². The van der Waals surface area contributed by atoms with Crippen molar-refractivity contribution in [3.8, 4) is 0 Å². The van der Waals surface area contributed by atoms with E-state index in [9.17, 15) is 4.79 Å². The normalized spacial score (nSPS) is 15.3. The van der Waals surface area contributed by atoms with Gasteiger partial charge in [-0.25, -0.2) is 4.68 Å². The van der Waals surface area contributed by atoms with Gasteiger partial charge in [0.05, 0.1) is 0 Å². The van der Waals surface area contributed by atoms with Gasteiger partial charge < -0.3 is 5.32 Å². The standard InChI is InChI=1S/C22H22ClN5O/c1-3-4-20(29)25-21-26-22-24-18(15-7-5-14(2)6-8-15)13-19(28(22)27-21)16-9-11-17(23)12-10-16/h5-13,19H,3-4H2,1-2H3,(H2,24,25,26,27,29)/t19-/m1/s1. The van der Waals surface area contributed by atoms with Crippen molar-refractivity contribution >= 4 is 35.1 Å². The predicted octanol–water partition coefficient (Wildman–Crippen LogP) is 5.03. The first-order valence-corrected chi connectivity index (χ1v) is 9.99. The van der Waals surface area contributed by atoms with E-state index in [2.05, 4.69) is 58.0 Å². The number of hydrogen-bond donors (Lipinski definition) is 2. The van der Waals surface area contributed by atoms with Crippen LogP contribution in [0.2, 0.25) is 5.02 Å². The van der Waals surface area contributed by atoms with Crippen LogP contribution in [0.15, 0.2) is 54.6 Å². The highest BCUT2D eigenvalue weighted by Gasteiger charge is 2.25. The summed E-state index contributed by atoms with van der Waals surface area (Å²) in [7, 11) is 0. The van der Waals surface area contributed by atoms with E-state index in [0.29, 0.717) is 23.3 Å². The number of halogens is 1. The molecule has 0 spiro atoms. The fraction of sp³-hybridized carbons (Fsp3) is 0.227. The summed E-state index contributed by atoms with van der Waals surface area (Å²) in [4.78, 5) is 16.5. The Morgan fingerprint density at radius 3 is 2.59 bits per heavy atom. The van der Waals surface area contributed by atoms with Crippen molar-refractivity contribution in [1.82, 2.24) is 14.8 Å². The van der Waals surface area contributed by atoms with Crippen LogP contribution in [-0.2, 0) is 4.79 Å². The van der Waals surface area contributed by atoms with Gasteiger partial charge in [0.2, 0.25) is 11.9 Å². The van der Waals surface area contributed by atoms with Gasteiger partial charge in [0.1, 0.15) is 6.04 Å². The molecule has 0 radical (unpaired) electrons. The third kappa shape index (κ3) is 4.17. The number of aromatic nitrogens is 3.